The van der Waals surface area contributed by atoms with Gasteiger partial charge in [0.15, 0.2) is 5.82 Å². The van der Waals surface area contributed by atoms with Gasteiger partial charge in [0.1, 0.15) is 24.2 Å². The summed E-state index contributed by atoms with van der Waals surface area (Å²) in [5.41, 5.74) is 0.328. The lowest BCUT2D eigenvalue weighted by atomic mass is 10.2. The Morgan fingerprint density at radius 2 is 2.19 bits per heavy atom. The summed E-state index contributed by atoms with van der Waals surface area (Å²) < 4.78 is 29.2. The second kappa shape index (κ2) is 7.02. The van der Waals surface area contributed by atoms with Crippen LogP contribution in [0.15, 0.2) is 30.6 Å². The van der Waals surface area contributed by atoms with E-state index in [-0.39, 0.29) is 41.1 Å². The number of aliphatic hydroxyl groups excluding tert-OH is 1. The fraction of sp³-hybridized carbons (Fsp3) is 0.176. The van der Waals surface area contributed by atoms with Gasteiger partial charge in [0.05, 0.1) is 29.6 Å². The number of nitrogens with one attached hydrogen (secondary N) is 2. The Balaban J connectivity index is 1.82. The third-order valence-electron chi connectivity index (χ3n) is 4.10. The number of aromatic amines is 1. The Morgan fingerprint density at radius 1 is 1.37 bits per heavy atom. The zero-order valence-electron chi connectivity index (χ0n) is 13.7. The summed E-state index contributed by atoms with van der Waals surface area (Å²) >= 11 is 1.98. The summed E-state index contributed by atoms with van der Waals surface area (Å²) in [4.78, 5) is 24.5. The summed E-state index contributed by atoms with van der Waals surface area (Å²) in [6.07, 6.45) is 1.58. The molecule has 3 aromatic rings. The molecule has 1 fully saturated rings. The highest BCUT2D eigenvalue weighted by molar-refractivity contribution is 14.1. The zero-order valence-corrected chi connectivity index (χ0v) is 15.8. The number of nitrogens with zero attached hydrogens (tertiary/aromatic N) is 2. The quantitative estimate of drug-likeness (QED) is 0.496. The monoisotopic (exact) mass is 486 g/mol. The molecule has 3 heterocycles. The molecule has 0 spiro atoms. The lowest BCUT2D eigenvalue weighted by Gasteiger charge is -2.15. The van der Waals surface area contributed by atoms with Crippen molar-refractivity contribution >= 4 is 50.8 Å². The highest BCUT2D eigenvalue weighted by Gasteiger charge is 2.31. The molecule has 1 aliphatic heterocycles. The van der Waals surface area contributed by atoms with Gasteiger partial charge in [-0.05, 0) is 40.8 Å². The molecule has 10 heteroatoms. The maximum absolute atomic E-state index is 14.3. The normalized spacial score (nSPS) is 16.9. The van der Waals surface area contributed by atoms with E-state index in [0.29, 0.717) is 3.57 Å². The maximum atomic E-state index is 14.3. The first kappa shape index (κ1) is 18.1. The summed E-state index contributed by atoms with van der Waals surface area (Å²) in [5, 5.41) is 13.7. The van der Waals surface area contributed by atoms with Crippen molar-refractivity contribution in [3.63, 3.8) is 0 Å². The Kier molecular flexibility index (Phi) is 4.70. The number of H-pyrrole nitrogens is 1. The molecule has 1 aliphatic rings. The molecule has 2 aromatic heterocycles. The van der Waals surface area contributed by atoms with Crippen LogP contribution < -0.4 is 5.32 Å². The van der Waals surface area contributed by atoms with Gasteiger partial charge in [-0.1, -0.05) is 0 Å². The molecular weight excluding hydrogens is 473 g/mol. The fourth-order valence-corrected chi connectivity index (χ4v) is 3.28. The first-order valence-corrected chi connectivity index (χ1v) is 9.02. The van der Waals surface area contributed by atoms with E-state index in [2.05, 4.69) is 15.3 Å². The average molecular weight is 486 g/mol. The molecule has 0 radical (unpaired) electrons. The standard InChI is InChI=1S/C17H13F2IN4O3/c18-11-3-8(20)1-2-13(11)22-15-10-4-21-5-12(19)14(10)23-16(15)17(26)24-6-9(25)7-27-24/h1-5,9,22-23,25H,6-7H2. The van der Waals surface area contributed by atoms with Gasteiger partial charge >= 0.3 is 0 Å². The molecule has 1 aromatic carbocycles. The topological polar surface area (TPSA) is 90.5 Å². The number of benzene rings is 1. The predicted molar refractivity (Wildman–Crippen MR) is 101 cm³/mol. The molecular formula is C17H13F2IN4O3. The van der Waals surface area contributed by atoms with Crippen LogP contribution in [-0.2, 0) is 4.84 Å². The van der Waals surface area contributed by atoms with Gasteiger partial charge in [0.2, 0.25) is 0 Å². The fourth-order valence-electron chi connectivity index (χ4n) is 2.83. The third kappa shape index (κ3) is 3.35. The molecule has 1 unspecified atom stereocenters. The highest BCUT2D eigenvalue weighted by atomic mass is 127. The first-order valence-electron chi connectivity index (χ1n) is 7.94. The van der Waals surface area contributed by atoms with E-state index in [9.17, 15) is 18.7 Å². The number of rotatable bonds is 3. The van der Waals surface area contributed by atoms with Gasteiger partial charge in [0, 0.05) is 15.2 Å². The SMILES string of the molecule is O=C(c1[nH]c2c(F)cncc2c1Nc1ccc(I)cc1F)N1CC(O)CO1. The third-order valence-corrected chi connectivity index (χ3v) is 4.77. The van der Waals surface area contributed by atoms with Crippen molar-refractivity contribution in [2.24, 2.45) is 0 Å². The molecule has 1 atom stereocenters. The summed E-state index contributed by atoms with van der Waals surface area (Å²) in [7, 11) is 0. The molecule has 1 amide bonds. The van der Waals surface area contributed by atoms with Crippen LogP contribution in [0, 0.1) is 15.2 Å². The molecule has 0 aliphatic carbocycles. The summed E-state index contributed by atoms with van der Waals surface area (Å²) in [5.74, 6) is -1.79. The van der Waals surface area contributed by atoms with Crippen LogP contribution in [0.25, 0.3) is 10.9 Å². The van der Waals surface area contributed by atoms with E-state index >= 15 is 0 Å². The van der Waals surface area contributed by atoms with E-state index in [1.165, 1.54) is 18.3 Å². The second-order valence-electron chi connectivity index (χ2n) is 5.98. The minimum absolute atomic E-state index is 0.0175. The Hall–Kier alpha value is -2.31. The molecule has 7 nitrogen and oxygen atoms in total. The zero-order chi connectivity index (χ0) is 19.1. The number of hydrogen-bond acceptors (Lipinski definition) is 5. The number of amides is 1. The van der Waals surface area contributed by atoms with Crippen LogP contribution in [0.5, 0.6) is 0 Å². The van der Waals surface area contributed by atoms with Crippen molar-refractivity contribution in [2.45, 2.75) is 6.10 Å². The summed E-state index contributed by atoms with van der Waals surface area (Å²) in [6.45, 7) is -0.0390. The van der Waals surface area contributed by atoms with Crippen LogP contribution in [0.4, 0.5) is 20.2 Å². The van der Waals surface area contributed by atoms with Crippen LogP contribution in [0.1, 0.15) is 10.5 Å². The smallest absolute Gasteiger partial charge is 0.296 e. The number of β-amino-alcohol motifs (C(OH)–C–C–N with tert-alkyl or cyclic N) is 1. The van der Waals surface area contributed by atoms with Crippen molar-refractivity contribution in [3.05, 3.63) is 51.5 Å². The number of fused-ring (bicyclic) bond motifs is 1. The van der Waals surface area contributed by atoms with Gasteiger partial charge in [-0.25, -0.2) is 13.8 Å². The Bertz CT molecular complexity index is 1040. The van der Waals surface area contributed by atoms with Crippen LogP contribution in [-0.4, -0.2) is 45.3 Å². The lowest BCUT2D eigenvalue weighted by Crippen LogP contribution is -2.29. The average Bonchev–Trinajstić information content (AvgIpc) is 3.22. The van der Waals surface area contributed by atoms with E-state index in [1.54, 1.807) is 6.07 Å². The molecule has 0 saturated carbocycles. The number of aromatic nitrogens is 2. The molecule has 27 heavy (non-hydrogen) atoms. The van der Waals surface area contributed by atoms with Crippen molar-refractivity contribution in [1.82, 2.24) is 15.0 Å². The number of carbonyl (C=O) groups is 1. The van der Waals surface area contributed by atoms with Gasteiger partial charge in [-0.2, -0.15) is 0 Å². The van der Waals surface area contributed by atoms with Crippen molar-refractivity contribution < 1.29 is 23.5 Å². The molecule has 4 rings (SSSR count). The van der Waals surface area contributed by atoms with Crippen LogP contribution in [0.2, 0.25) is 0 Å². The Morgan fingerprint density at radius 3 is 2.89 bits per heavy atom. The van der Waals surface area contributed by atoms with E-state index in [0.717, 1.165) is 11.3 Å². The van der Waals surface area contributed by atoms with Crippen molar-refractivity contribution in [1.29, 1.82) is 0 Å². The predicted octanol–water partition coefficient (Wildman–Crippen LogP) is 2.94. The molecule has 140 valence electrons. The van der Waals surface area contributed by atoms with Crippen molar-refractivity contribution in [3.8, 4) is 0 Å². The van der Waals surface area contributed by atoms with Gasteiger partial charge in [-0.3, -0.25) is 14.6 Å². The van der Waals surface area contributed by atoms with Gasteiger partial charge < -0.3 is 15.4 Å². The number of aliphatic hydroxyl groups is 1. The van der Waals surface area contributed by atoms with Gasteiger partial charge in [-0.15, -0.1) is 0 Å². The first-order chi connectivity index (χ1) is 12.9. The molecule has 0 bridgehead atoms. The number of halogens is 3. The number of carbonyl (C=O) groups excluding carboxylic acids is 1. The van der Waals surface area contributed by atoms with Crippen LogP contribution in [0.3, 0.4) is 0 Å². The highest BCUT2D eigenvalue weighted by Crippen LogP contribution is 2.33. The van der Waals surface area contributed by atoms with Gasteiger partial charge in [0.25, 0.3) is 5.91 Å². The minimum Gasteiger partial charge on any atom is -0.389 e. The lowest BCUT2D eigenvalue weighted by molar-refractivity contribution is -0.0782. The van der Waals surface area contributed by atoms with Crippen molar-refractivity contribution in [2.75, 3.05) is 18.5 Å². The Labute approximate surface area is 165 Å². The number of anilines is 2. The van der Waals surface area contributed by atoms with E-state index in [1.807, 2.05) is 22.6 Å². The summed E-state index contributed by atoms with van der Waals surface area (Å²) in [6, 6.07) is 4.55. The maximum Gasteiger partial charge on any atom is 0.296 e. The number of hydrogen-bond donors (Lipinski definition) is 3. The number of pyridine rings is 1. The molecule has 3 N–H and O–H groups in total. The minimum atomic E-state index is -0.804. The van der Waals surface area contributed by atoms with E-state index in [4.69, 9.17) is 4.84 Å². The van der Waals surface area contributed by atoms with Crippen LogP contribution >= 0.6 is 22.6 Å². The second-order valence-corrected chi connectivity index (χ2v) is 7.23. The number of hydroxylamine groups is 2. The largest absolute Gasteiger partial charge is 0.389 e. The van der Waals surface area contributed by atoms with E-state index < -0.39 is 23.6 Å². The molecule has 1 saturated heterocycles.